The third-order valence-electron chi connectivity index (χ3n) is 7.75. The second-order valence-corrected chi connectivity index (χ2v) is 11.3. The number of rotatable bonds is 10. The molecule has 3 heterocycles. The zero-order chi connectivity index (χ0) is 25.5. The average Bonchev–Trinajstić information content (AvgIpc) is 2.87. The van der Waals surface area contributed by atoms with Crippen LogP contribution in [0.3, 0.4) is 0 Å². The quantitative estimate of drug-likeness (QED) is 0.382. The molecule has 2 N–H and O–H groups in total. The Balaban J connectivity index is 1.39. The lowest BCUT2D eigenvalue weighted by Crippen LogP contribution is -2.41. The van der Waals surface area contributed by atoms with Crippen LogP contribution in [0.5, 0.6) is 0 Å². The van der Waals surface area contributed by atoms with Crippen LogP contribution >= 0.6 is 11.6 Å². The number of ether oxygens (including phenoxy) is 2. The van der Waals surface area contributed by atoms with Crippen molar-refractivity contribution in [3.63, 3.8) is 0 Å². The second kappa shape index (κ2) is 12.6. The molecule has 6 nitrogen and oxygen atoms in total. The minimum Gasteiger partial charge on any atom is -0.383 e. The second-order valence-electron chi connectivity index (χ2n) is 10.9. The predicted octanol–water partition coefficient (Wildman–Crippen LogP) is 5.89. The normalized spacial score (nSPS) is 22.8. The van der Waals surface area contributed by atoms with E-state index in [0.717, 1.165) is 82.7 Å². The smallest absolute Gasteiger partial charge is 0.152 e. The maximum absolute atomic E-state index is 14.9. The zero-order valence-corrected chi connectivity index (χ0v) is 22.5. The van der Waals surface area contributed by atoms with E-state index in [1.807, 2.05) is 12.1 Å². The van der Waals surface area contributed by atoms with Gasteiger partial charge in [0.2, 0.25) is 0 Å². The summed E-state index contributed by atoms with van der Waals surface area (Å²) in [4.78, 5) is 8.76. The number of hydrogen-bond donors (Lipinski definition) is 2. The highest BCUT2D eigenvalue weighted by Gasteiger charge is 2.27. The molecule has 8 heteroatoms. The maximum Gasteiger partial charge on any atom is 0.152 e. The van der Waals surface area contributed by atoms with Gasteiger partial charge >= 0.3 is 0 Å². The van der Waals surface area contributed by atoms with Crippen molar-refractivity contribution in [2.24, 2.45) is 11.3 Å². The van der Waals surface area contributed by atoms with Gasteiger partial charge in [0.15, 0.2) is 5.15 Å². The number of anilines is 1. The van der Waals surface area contributed by atoms with Gasteiger partial charge < -0.3 is 20.1 Å². The first-order valence-corrected chi connectivity index (χ1v) is 13.6. The molecule has 2 aromatic rings. The topological polar surface area (TPSA) is 68.3 Å². The Morgan fingerprint density at radius 3 is 2.64 bits per heavy atom. The van der Waals surface area contributed by atoms with E-state index in [4.69, 9.17) is 21.1 Å². The predicted molar refractivity (Wildman–Crippen MR) is 143 cm³/mol. The van der Waals surface area contributed by atoms with E-state index in [9.17, 15) is 4.39 Å². The van der Waals surface area contributed by atoms with Crippen molar-refractivity contribution in [3.05, 3.63) is 41.2 Å². The van der Waals surface area contributed by atoms with Crippen LogP contribution in [0, 0.1) is 17.2 Å². The molecule has 1 saturated heterocycles. The number of pyridine rings is 2. The van der Waals surface area contributed by atoms with Gasteiger partial charge in [-0.3, -0.25) is 4.98 Å². The standard InChI is InChI=1S/C28H40ClFN4O2/c1-19(17-35-3)34-22-6-4-20(5-7-22)12-23-14-24(25(30)16-31-23)21-13-26(27(29)32-15-21)33-18-28(2)8-10-36-11-9-28/h13-16,19-20,22,33-34H,4-12,17-18H2,1-3H3/t19-,20?,22?/m1/s1. The zero-order valence-electron chi connectivity index (χ0n) is 21.8. The molecule has 36 heavy (non-hydrogen) atoms. The Morgan fingerprint density at radius 1 is 1.17 bits per heavy atom. The van der Waals surface area contributed by atoms with E-state index in [2.05, 4.69) is 34.4 Å². The molecule has 0 radical (unpaired) electrons. The summed E-state index contributed by atoms with van der Waals surface area (Å²) in [6.07, 6.45) is 10.4. The highest BCUT2D eigenvalue weighted by Crippen LogP contribution is 2.34. The van der Waals surface area contributed by atoms with E-state index < -0.39 is 0 Å². The minimum absolute atomic E-state index is 0.142. The summed E-state index contributed by atoms with van der Waals surface area (Å²) in [7, 11) is 1.74. The summed E-state index contributed by atoms with van der Waals surface area (Å²) in [5.41, 5.74) is 3.03. The molecule has 2 fully saturated rings. The molecule has 1 saturated carbocycles. The SMILES string of the molecule is COC[C@@H](C)NC1CCC(Cc2cc(-c3cnc(Cl)c(NCC4(C)CCOCC4)c3)c(F)cn2)CC1. The van der Waals surface area contributed by atoms with Crippen LogP contribution in [-0.2, 0) is 15.9 Å². The van der Waals surface area contributed by atoms with Crippen molar-refractivity contribution in [1.82, 2.24) is 15.3 Å². The van der Waals surface area contributed by atoms with Gasteiger partial charge in [0.25, 0.3) is 0 Å². The van der Waals surface area contributed by atoms with Crippen molar-refractivity contribution in [2.75, 3.05) is 38.8 Å². The lowest BCUT2D eigenvalue weighted by Gasteiger charge is -2.34. The number of methoxy groups -OCH3 is 1. The molecule has 2 aromatic heterocycles. The molecule has 1 aliphatic heterocycles. The number of halogens is 2. The number of nitrogens with zero attached hydrogens (tertiary/aromatic N) is 2. The molecule has 2 aliphatic rings. The van der Waals surface area contributed by atoms with Gasteiger partial charge in [-0.15, -0.1) is 0 Å². The third-order valence-corrected chi connectivity index (χ3v) is 8.05. The summed E-state index contributed by atoms with van der Waals surface area (Å²) in [5, 5.41) is 7.52. The first-order valence-electron chi connectivity index (χ1n) is 13.2. The fourth-order valence-electron chi connectivity index (χ4n) is 5.41. The van der Waals surface area contributed by atoms with Gasteiger partial charge in [0.05, 0.1) is 18.5 Å². The van der Waals surface area contributed by atoms with Crippen molar-refractivity contribution in [3.8, 4) is 11.1 Å². The van der Waals surface area contributed by atoms with Crippen LogP contribution in [-0.4, -0.2) is 55.5 Å². The van der Waals surface area contributed by atoms with Gasteiger partial charge in [-0.05, 0) is 75.3 Å². The molecular formula is C28H40ClFN4O2. The molecule has 0 amide bonds. The van der Waals surface area contributed by atoms with E-state index in [1.54, 1.807) is 13.3 Å². The average molecular weight is 519 g/mol. The third kappa shape index (κ3) is 7.37. The molecule has 4 rings (SSSR count). The lowest BCUT2D eigenvalue weighted by molar-refractivity contribution is 0.0300. The summed E-state index contributed by atoms with van der Waals surface area (Å²) in [5.74, 6) is 0.220. The van der Waals surface area contributed by atoms with Crippen molar-refractivity contribution >= 4 is 17.3 Å². The number of aromatic nitrogens is 2. The van der Waals surface area contributed by atoms with Gasteiger partial charge in [0.1, 0.15) is 5.82 Å². The number of hydrogen-bond acceptors (Lipinski definition) is 6. The Bertz CT molecular complexity index is 994. The van der Waals surface area contributed by atoms with Crippen LogP contribution in [0.2, 0.25) is 5.15 Å². The van der Waals surface area contributed by atoms with Gasteiger partial charge in [-0.1, -0.05) is 18.5 Å². The largest absolute Gasteiger partial charge is 0.383 e. The fourth-order valence-corrected chi connectivity index (χ4v) is 5.58. The summed E-state index contributed by atoms with van der Waals surface area (Å²) >= 11 is 6.39. The molecular weight excluding hydrogens is 479 g/mol. The van der Waals surface area contributed by atoms with Crippen LogP contribution < -0.4 is 10.6 Å². The molecule has 198 valence electrons. The minimum atomic E-state index is -0.342. The number of nitrogens with one attached hydrogen (secondary N) is 2. The molecule has 0 spiro atoms. The highest BCUT2D eigenvalue weighted by atomic mass is 35.5. The van der Waals surface area contributed by atoms with Gasteiger partial charge in [-0.2, -0.15) is 0 Å². The van der Waals surface area contributed by atoms with Crippen molar-refractivity contribution < 1.29 is 13.9 Å². The Kier molecular flexibility index (Phi) is 9.56. The monoisotopic (exact) mass is 518 g/mol. The van der Waals surface area contributed by atoms with Crippen LogP contribution in [0.25, 0.3) is 11.1 Å². The summed E-state index contributed by atoms with van der Waals surface area (Å²) in [6, 6.07) is 4.69. The first-order chi connectivity index (χ1) is 17.3. The van der Waals surface area contributed by atoms with Crippen LogP contribution in [0.4, 0.5) is 10.1 Å². The molecule has 0 aromatic carbocycles. The highest BCUT2D eigenvalue weighted by molar-refractivity contribution is 6.32. The van der Waals surface area contributed by atoms with Gasteiger partial charge in [-0.25, -0.2) is 9.37 Å². The Morgan fingerprint density at radius 2 is 1.92 bits per heavy atom. The molecule has 1 atom stereocenters. The molecule has 1 aliphatic carbocycles. The fraction of sp³-hybridized carbons (Fsp3) is 0.643. The summed E-state index contributed by atoms with van der Waals surface area (Å²) < 4.78 is 25.6. The van der Waals surface area contributed by atoms with Gasteiger partial charge in [0, 0.05) is 62.0 Å². The summed E-state index contributed by atoms with van der Waals surface area (Å²) in [6.45, 7) is 7.48. The van der Waals surface area contributed by atoms with E-state index >= 15 is 0 Å². The first kappa shape index (κ1) is 27.2. The van der Waals surface area contributed by atoms with E-state index in [-0.39, 0.29) is 11.2 Å². The molecule has 0 unspecified atom stereocenters. The van der Waals surface area contributed by atoms with Crippen LogP contribution in [0.15, 0.2) is 24.5 Å². The van der Waals surface area contributed by atoms with E-state index in [1.165, 1.54) is 6.20 Å². The van der Waals surface area contributed by atoms with E-state index in [0.29, 0.717) is 34.3 Å². The Hall–Kier alpha value is -1.80. The molecule has 0 bridgehead atoms. The van der Waals surface area contributed by atoms with Crippen molar-refractivity contribution in [2.45, 2.75) is 70.9 Å². The lowest BCUT2D eigenvalue weighted by atomic mass is 9.82. The van der Waals surface area contributed by atoms with Crippen molar-refractivity contribution in [1.29, 1.82) is 0 Å². The maximum atomic E-state index is 14.9. The van der Waals surface area contributed by atoms with Crippen LogP contribution in [0.1, 0.15) is 58.1 Å². The Labute approximate surface area is 219 Å².